The Morgan fingerprint density at radius 3 is 3.07 bits per heavy atom. The molecule has 0 saturated heterocycles. The molecular formula is C8H9N5S. The van der Waals surface area contributed by atoms with Crippen LogP contribution in [0.5, 0.6) is 0 Å². The van der Waals surface area contributed by atoms with Crippen LogP contribution >= 0.6 is 12.2 Å². The number of nitrogens with one attached hydrogen (secondary N) is 1. The number of aromatic nitrogens is 5. The van der Waals surface area contributed by atoms with E-state index >= 15 is 0 Å². The fourth-order valence-corrected chi connectivity index (χ4v) is 1.49. The predicted molar refractivity (Wildman–Crippen MR) is 54.1 cm³/mol. The molecule has 72 valence electrons. The van der Waals surface area contributed by atoms with Crippen LogP contribution in [-0.4, -0.2) is 24.7 Å². The minimum Gasteiger partial charge on any atom is -0.299 e. The van der Waals surface area contributed by atoms with Crippen molar-refractivity contribution in [3.63, 3.8) is 0 Å². The number of hydrogen-bond donors (Lipinski definition) is 1. The van der Waals surface area contributed by atoms with Crippen LogP contribution in [0.1, 0.15) is 6.92 Å². The van der Waals surface area contributed by atoms with Gasteiger partial charge in [-0.1, -0.05) is 0 Å². The maximum absolute atomic E-state index is 5.07. The Hall–Kier alpha value is -1.56. The average molecular weight is 207 g/mol. The molecule has 0 aliphatic carbocycles. The Balaban J connectivity index is 2.57. The Morgan fingerprint density at radius 2 is 2.43 bits per heavy atom. The van der Waals surface area contributed by atoms with Crippen molar-refractivity contribution in [3.8, 4) is 11.5 Å². The van der Waals surface area contributed by atoms with E-state index in [9.17, 15) is 0 Å². The fourth-order valence-electron chi connectivity index (χ4n) is 1.23. The van der Waals surface area contributed by atoms with Gasteiger partial charge in [-0.05, 0) is 25.2 Å². The largest absolute Gasteiger partial charge is 0.299 e. The third-order valence-electron chi connectivity index (χ3n) is 1.89. The second-order valence-corrected chi connectivity index (χ2v) is 3.08. The maximum Gasteiger partial charge on any atom is 0.195 e. The second kappa shape index (κ2) is 3.67. The van der Waals surface area contributed by atoms with E-state index < -0.39 is 0 Å². The molecule has 5 nitrogen and oxygen atoms in total. The topological polar surface area (TPSA) is 59.4 Å². The maximum atomic E-state index is 5.07. The van der Waals surface area contributed by atoms with Crippen LogP contribution in [0.25, 0.3) is 11.5 Å². The molecule has 0 aromatic carbocycles. The summed E-state index contributed by atoms with van der Waals surface area (Å²) in [7, 11) is 0. The molecule has 0 fully saturated rings. The zero-order valence-corrected chi connectivity index (χ0v) is 8.45. The smallest absolute Gasteiger partial charge is 0.195 e. The Morgan fingerprint density at radius 1 is 1.57 bits per heavy atom. The lowest BCUT2D eigenvalue weighted by Crippen LogP contribution is -1.98. The summed E-state index contributed by atoms with van der Waals surface area (Å²) < 4.78 is 2.50. The molecule has 0 radical (unpaired) electrons. The van der Waals surface area contributed by atoms with Gasteiger partial charge in [0.1, 0.15) is 12.0 Å². The summed E-state index contributed by atoms with van der Waals surface area (Å²) in [5.74, 6) is 0.750. The molecule has 0 bridgehead atoms. The molecule has 2 rings (SSSR count). The predicted octanol–water partition coefficient (Wildman–Crippen LogP) is 1.42. The van der Waals surface area contributed by atoms with Crippen LogP contribution in [0.3, 0.4) is 0 Å². The van der Waals surface area contributed by atoms with Gasteiger partial charge in [0.15, 0.2) is 10.6 Å². The van der Waals surface area contributed by atoms with Crippen molar-refractivity contribution in [3.05, 3.63) is 23.4 Å². The third kappa shape index (κ3) is 1.44. The Labute approximate surface area is 85.8 Å². The Bertz CT molecular complexity index is 472. The summed E-state index contributed by atoms with van der Waals surface area (Å²) in [4.78, 5) is 7.96. The van der Waals surface area contributed by atoms with Crippen LogP contribution in [0.15, 0.2) is 18.6 Å². The van der Waals surface area contributed by atoms with Gasteiger partial charge in [0, 0.05) is 12.7 Å². The van der Waals surface area contributed by atoms with Crippen molar-refractivity contribution in [1.82, 2.24) is 24.7 Å². The molecule has 2 aromatic heterocycles. The van der Waals surface area contributed by atoms with Crippen molar-refractivity contribution in [2.45, 2.75) is 13.5 Å². The van der Waals surface area contributed by atoms with E-state index in [4.69, 9.17) is 12.2 Å². The Kier molecular flexibility index (Phi) is 2.36. The number of H-pyrrole nitrogens is 1. The standard InChI is InChI=1S/C8H9N5S/c1-2-13-7(11-12-8(13)14)6-3-4-9-5-10-6/h3-5H,2H2,1H3,(H,12,14). The van der Waals surface area contributed by atoms with Crippen molar-refractivity contribution in [2.24, 2.45) is 0 Å². The molecule has 6 heteroatoms. The summed E-state index contributed by atoms with van der Waals surface area (Å²) in [6.07, 6.45) is 3.17. The number of aromatic amines is 1. The minimum absolute atomic E-state index is 0.612. The molecule has 0 amide bonds. The summed E-state index contributed by atoms with van der Waals surface area (Å²) >= 11 is 5.07. The quantitative estimate of drug-likeness (QED) is 0.756. The van der Waals surface area contributed by atoms with E-state index in [-0.39, 0.29) is 0 Å². The van der Waals surface area contributed by atoms with Gasteiger partial charge in [-0.3, -0.25) is 9.67 Å². The van der Waals surface area contributed by atoms with Gasteiger partial charge in [0.25, 0.3) is 0 Å². The molecule has 1 N–H and O–H groups in total. The highest BCUT2D eigenvalue weighted by atomic mass is 32.1. The summed E-state index contributed by atoms with van der Waals surface area (Å²) in [6, 6.07) is 1.80. The van der Waals surface area contributed by atoms with Gasteiger partial charge in [0.05, 0.1) is 0 Å². The van der Waals surface area contributed by atoms with E-state index in [1.54, 1.807) is 12.3 Å². The normalized spacial score (nSPS) is 10.4. The molecule has 0 aliphatic rings. The number of rotatable bonds is 2. The van der Waals surface area contributed by atoms with Crippen molar-refractivity contribution < 1.29 is 0 Å². The molecule has 0 spiro atoms. The number of nitrogens with zero attached hydrogens (tertiary/aromatic N) is 4. The van der Waals surface area contributed by atoms with Crippen molar-refractivity contribution in [2.75, 3.05) is 0 Å². The van der Waals surface area contributed by atoms with Gasteiger partial charge in [0.2, 0.25) is 0 Å². The zero-order valence-electron chi connectivity index (χ0n) is 7.64. The molecule has 0 atom stereocenters. The highest BCUT2D eigenvalue weighted by molar-refractivity contribution is 7.71. The lowest BCUT2D eigenvalue weighted by Gasteiger charge is -2.00. The van der Waals surface area contributed by atoms with Crippen LogP contribution in [-0.2, 0) is 6.54 Å². The van der Waals surface area contributed by atoms with Gasteiger partial charge >= 0.3 is 0 Å². The monoisotopic (exact) mass is 207 g/mol. The first-order valence-corrected chi connectivity index (χ1v) is 4.65. The van der Waals surface area contributed by atoms with Gasteiger partial charge in [-0.25, -0.2) is 9.97 Å². The summed E-state index contributed by atoms with van der Waals surface area (Å²) in [5, 5.41) is 6.85. The highest BCUT2D eigenvalue weighted by Crippen LogP contribution is 2.12. The molecule has 2 heterocycles. The molecular weight excluding hydrogens is 198 g/mol. The van der Waals surface area contributed by atoms with Crippen LogP contribution in [0.4, 0.5) is 0 Å². The number of hydrogen-bond acceptors (Lipinski definition) is 4. The van der Waals surface area contributed by atoms with Gasteiger partial charge in [-0.15, -0.1) is 0 Å². The molecule has 0 saturated carbocycles. The second-order valence-electron chi connectivity index (χ2n) is 2.69. The SMILES string of the molecule is CCn1c(-c2ccncn2)n[nH]c1=S. The van der Waals surface area contributed by atoms with Crippen molar-refractivity contribution in [1.29, 1.82) is 0 Å². The van der Waals surface area contributed by atoms with Crippen LogP contribution in [0, 0.1) is 4.77 Å². The fraction of sp³-hybridized carbons (Fsp3) is 0.250. The zero-order chi connectivity index (χ0) is 9.97. The molecule has 14 heavy (non-hydrogen) atoms. The lowest BCUT2D eigenvalue weighted by molar-refractivity contribution is 0.753. The average Bonchev–Trinajstić information content (AvgIpc) is 2.61. The van der Waals surface area contributed by atoms with Crippen molar-refractivity contribution >= 4 is 12.2 Å². The van der Waals surface area contributed by atoms with E-state index in [0.717, 1.165) is 18.1 Å². The van der Waals surface area contributed by atoms with Gasteiger partial charge < -0.3 is 0 Å². The summed E-state index contributed by atoms with van der Waals surface area (Å²) in [5.41, 5.74) is 0.772. The van der Waals surface area contributed by atoms with E-state index in [2.05, 4.69) is 20.2 Å². The van der Waals surface area contributed by atoms with E-state index in [0.29, 0.717) is 4.77 Å². The first kappa shape index (κ1) is 9.01. The minimum atomic E-state index is 0.612. The molecule has 0 aliphatic heterocycles. The first-order valence-electron chi connectivity index (χ1n) is 4.24. The highest BCUT2D eigenvalue weighted by Gasteiger charge is 2.07. The van der Waals surface area contributed by atoms with Gasteiger partial charge in [-0.2, -0.15) is 5.10 Å². The van der Waals surface area contributed by atoms with Crippen LogP contribution < -0.4 is 0 Å². The first-order chi connectivity index (χ1) is 6.83. The molecule has 2 aromatic rings. The lowest BCUT2D eigenvalue weighted by atomic mass is 10.4. The third-order valence-corrected chi connectivity index (χ3v) is 2.20. The van der Waals surface area contributed by atoms with E-state index in [1.807, 2.05) is 11.5 Å². The summed E-state index contributed by atoms with van der Waals surface area (Å²) in [6.45, 7) is 2.78. The van der Waals surface area contributed by atoms with Crippen LogP contribution in [0.2, 0.25) is 0 Å². The van der Waals surface area contributed by atoms with E-state index in [1.165, 1.54) is 6.33 Å². The molecule has 0 unspecified atom stereocenters.